The van der Waals surface area contributed by atoms with Crippen molar-refractivity contribution >= 4 is 17.5 Å². The van der Waals surface area contributed by atoms with Gasteiger partial charge in [-0.25, -0.2) is 0 Å². The van der Waals surface area contributed by atoms with E-state index in [1.54, 1.807) is 18.9 Å². The van der Waals surface area contributed by atoms with Gasteiger partial charge >= 0.3 is 0 Å². The van der Waals surface area contributed by atoms with Crippen molar-refractivity contribution in [3.63, 3.8) is 0 Å². The molecule has 0 saturated heterocycles. The van der Waals surface area contributed by atoms with Crippen LogP contribution in [0.4, 0.5) is 5.69 Å². The molecule has 0 aromatic heterocycles. The lowest BCUT2D eigenvalue weighted by molar-refractivity contribution is -0.126. The summed E-state index contributed by atoms with van der Waals surface area (Å²) in [5.41, 5.74) is 2.98. The first-order valence-corrected chi connectivity index (χ1v) is 8.34. The molecule has 5 heteroatoms. The van der Waals surface area contributed by atoms with Crippen LogP contribution in [0.15, 0.2) is 54.6 Å². The van der Waals surface area contributed by atoms with Crippen molar-refractivity contribution in [2.75, 3.05) is 18.9 Å². The van der Waals surface area contributed by atoms with Gasteiger partial charge in [0.25, 0.3) is 0 Å². The molecule has 0 aliphatic heterocycles. The number of hydrogen-bond donors (Lipinski definition) is 2. The number of benzene rings is 2. The lowest BCUT2D eigenvalue weighted by Gasteiger charge is -2.23. The molecule has 2 aromatic carbocycles. The minimum absolute atomic E-state index is 0.0988. The third-order valence-electron chi connectivity index (χ3n) is 4.21. The molecule has 25 heavy (non-hydrogen) atoms. The number of nitrogens with zero attached hydrogens (tertiary/aromatic N) is 1. The molecule has 0 bridgehead atoms. The summed E-state index contributed by atoms with van der Waals surface area (Å²) < 4.78 is 0. The predicted octanol–water partition coefficient (Wildman–Crippen LogP) is 2.57. The van der Waals surface area contributed by atoms with Gasteiger partial charge in [0.2, 0.25) is 11.8 Å². The van der Waals surface area contributed by atoms with Crippen LogP contribution in [-0.2, 0) is 16.1 Å². The monoisotopic (exact) mass is 339 g/mol. The van der Waals surface area contributed by atoms with Crippen LogP contribution in [0, 0.1) is 6.92 Å². The first-order valence-electron chi connectivity index (χ1n) is 8.34. The van der Waals surface area contributed by atoms with Gasteiger partial charge in [-0.1, -0.05) is 42.5 Å². The van der Waals surface area contributed by atoms with E-state index in [0.717, 1.165) is 16.8 Å². The summed E-state index contributed by atoms with van der Waals surface area (Å²) in [7, 11) is 1.77. The van der Waals surface area contributed by atoms with E-state index >= 15 is 0 Å². The minimum atomic E-state index is -0.398. The van der Waals surface area contributed by atoms with Crippen LogP contribution in [-0.4, -0.2) is 36.3 Å². The highest BCUT2D eigenvalue weighted by atomic mass is 16.2. The smallest absolute Gasteiger partial charge is 0.238 e. The van der Waals surface area contributed by atoms with Gasteiger partial charge in [0, 0.05) is 12.2 Å². The Morgan fingerprint density at radius 3 is 2.36 bits per heavy atom. The highest BCUT2D eigenvalue weighted by Crippen LogP contribution is 2.07. The van der Waals surface area contributed by atoms with Gasteiger partial charge in [-0.3, -0.25) is 14.5 Å². The number of rotatable bonds is 7. The Kier molecular flexibility index (Phi) is 6.71. The maximum atomic E-state index is 12.3. The Morgan fingerprint density at radius 1 is 1.04 bits per heavy atom. The lowest BCUT2D eigenvalue weighted by atomic mass is 10.1. The van der Waals surface area contributed by atoms with E-state index in [9.17, 15) is 9.59 Å². The van der Waals surface area contributed by atoms with Crippen LogP contribution < -0.4 is 10.6 Å². The maximum Gasteiger partial charge on any atom is 0.238 e. The minimum Gasteiger partial charge on any atom is -0.351 e. The maximum absolute atomic E-state index is 12.3. The Hall–Kier alpha value is -2.66. The summed E-state index contributed by atoms with van der Waals surface area (Å²) in [5, 5.41) is 5.75. The summed E-state index contributed by atoms with van der Waals surface area (Å²) in [6.07, 6.45) is 0. The van der Waals surface area contributed by atoms with E-state index in [2.05, 4.69) is 10.6 Å². The summed E-state index contributed by atoms with van der Waals surface area (Å²) in [4.78, 5) is 26.1. The first kappa shape index (κ1) is 18.7. The molecular formula is C20H25N3O2. The molecule has 0 fully saturated rings. The van der Waals surface area contributed by atoms with Gasteiger partial charge in [0.05, 0.1) is 12.6 Å². The van der Waals surface area contributed by atoms with Gasteiger partial charge in [-0.2, -0.15) is 0 Å². The third kappa shape index (κ3) is 5.72. The number of carbonyl (C=O) groups excluding carboxylic acids is 2. The molecule has 2 amide bonds. The fourth-order valence-corrected chi connectivity index (χ4v) is 2.42. The summed E-state index contributed by atoms with van der Waals surface area (Å²) in [6.45, 7) is 4.45. The zero-order chi connectivity index (χ0) is 18.2. The number of hydrogen-bond acceptors (Lipinski definition) is 3. The number of nitrogens with one attached hydrogen (secondary N) is 2. The Bertz CT molecular complexity index is 716. The van der Waals surface area contributed by atoms with E-state index in [1.807, 2.05) is 61.5 Å². The van der Waals surface area contributed by atoms with Gasteiger partial charge in [0.15, 0.2) is 0 Å². The zero-order valence-corrected chi connectivity index (χ0v) is 15.0. The molecule has 0 heterocycles. The summed E-state index contributed by atoms with van der Waals surface area (Å²) in [6, 6.07) is 16.8. The Balaban J connectivity index is 1.82. The normalized spacial score (nSPS) is 11.8. The molecule has 5 nitrogen and oxygen atoms in total. The van der Waals surface area contributed by atoms with Crippen molar-refractivity contribution in [2.45, 2.75) is 26.4 Å². The molecule has 1 unspecified atom stereocenters. The second kappa shape index (κ2) is 8.99. The molecule has 1 atom stereocenters. The molecule has 2 rings (SSSR count). The van der Waals surface area contributed by atoms with E-state index in [1.165, 1.54) is 0 Å². The number of likely N-dealkylation sites (N-methyl/N-ethyl adjacent to an activating group) is 1. The topological polar surface area (TPSA) is 61.4 Å². The Labute approximate surface area is 149 Å². The van der Waals surface area contributed by atoms with Crippen LogP contribution >= 0.6 is 0 Å². The lowest BCUT2D eigenvalue weighted by Crippen LogP contribution is -2.45. The fourth-order valence-electron chi connectivity index (χ4n) is 2.42. The fraction of sp³-hybridized carbons (Fsp3) is 0.300. The van der Waals surface area contributed by atoms with E-state index in [4.69, 9.17) is 0 Å². The molecule has 0 radical (unpaired) electrons. The third-order valence-corrected chi connectivity index (χ3v) is 4.21. The standard InChI is InChI=1S/C20H25N3O2/c1-15-9-7-8-10-17(15)13-21-20(25)16(2)23(3)14-19(24)22-18-11-5-4-6-12-18/h4-12,16H,13-14H2,1-3H3,(H,21,25)(H,22,24). The van der Waals surface area contributed by atoms with Crippen molar-refractivity contribution in [3.05, 3.63) is 65.7 Å². The quantitative estimate of drug-likeness (QED) is 0.815. The molecular weight excluding hydrogens is 314 g/mol. The summed E-state index contributed by atoms with van der Waals surface area (Å²) >= 11 is 0. The molecule has 0 aliphatic carbocycles. The van der Waals surface area contributed by atoms with E-state index < -0.39 is 6.04 Å². The van der Waals surface area contributed by atoms with Crippen molar-refractivity contribution in [2.24, 2.45) is 0 Å². The first-order chi connectivity index (χ1) is 12.0. The van der Waals surface area contributed by atoms with Gasteiger partial charge in [-0.05, 0) is 44.2 Å². The number of amides is 2. The van der Waals surface area contributed by atoms with E-state index in [0.29, 0.717) is 6.54 Å². The SMILES string of the molecule is Cc1ccccc1CNC(=O)C(C)N(C)CC(=O)Nc1ccccc1. The van der Waals surface area contributed by atoms with Crippen molar-refractivity contribution in [3.8, 4) is 0 Å². The molecule has 0 aliphatic rings. The Morgan fingerprint density at radius 2 is 1.68 bits per heavy atom. The van der Waals surface area contributed by atoms with Crippen LogP contribution in [0.3, 0.4) is 0 Å². The second-order valence-corrected chi connectivity index (χ2v) is 6.15. The highest BCUT2D eigenvalue weighted by molar-refractivity contribution is 5.92. The van der Waals surface area contributed by atoms with Crippen LogP contribution in [0.2, 0.25) is 0 Å². The van der Waals surface area contributed by atoms with Crippen LogP contribution in [0.25, 0.3) is 0 Å². The molecule has 2 N–H and O–H groups in total. The van der Waals surface area contributed by atoms with Crippen molar-refractivity contribution < 1.29 is 9.59 Å². The largest absolute Gasteiger partial charge is 0.351 e. The van der Waals surface area contributed by atoms with Gasteiger partial charge < -0.3 is 10.6 Å². The number of aryl methyl sites for hydroxylation is 1. The van der Waals surface area contributed by atoms with Crippen molar-refractivity contribution in [1.82, 2.24) is 10.2 Å². The van der Waals surface area contributed by atoms with Crippen molar-refractivity contribution in [1.29, 1.82) is 0 Å². The average Bonchev–Trinajstić information content (AvgIpc) is 2.60. The van der Waals surface area contributed by atoms with Crippen LogP contribution in [0.1, 0.15) is 18.1 Å². The molecule has 2 aromatic rings. The zero-order valence-electron chi connectivity index (χ0n) is 15.0. The predicted molar refractivity (Wildman–Crippen MR) is 100 cm³/mol. The summed E-state index contributed by atoms with van der Waals surface area (Å²) in [5.74, 6) is -0.245. The number of para-hydroxylation sites is 1. The average molecular weight is 339 g/mol. The number of carbonyl (C=O) groups is 2. The highest BCUT2D eigenvalue weighted by Gasteiger charge is 2.20. The van der Waals surface area contributed by atoms with E-state index in [-0.39, 0.29) is 18.4 Å². The van der Waals surface area contributed by atoms with Gasteiger partial charge in [-0.15, -0.1) is 0 Å². The molecule has 0 spiro atoms. The van der Waals surface area contributed by atoms with Gasteiger partial charge in [0.1, 0.15) is 0 Å². The molecule has 132 valence electrons. The van der Waals surface area contributed by atoms with Crippen LogP contribution in [0.5, 0.6) is 0 Å². The molecule has 0 saturated carbocycles. The second-order valence-electron chi connectivity index (χ2n) is 6.15. The number of anilines is 1.